The number of hydrogen-bond donors (Lipinski definition) is 1. The summed E-state index contributed by atoms with van der Waals surface area (Å²) in [6, 6.07) is 6.25. The number of aliphatic hydroxyl groups excluding tert-OH is 1. The van der Waals surface area contributed by atoms with Gasteiger partial charge in [-0.1, -0.05) is 38.0 Å². The van der Waals surface area contributed by atoms with Crippen LogP contribution in [0.15, 0.2) is 18.2 Å². The third-order valence-electron chi connectivity index (χ3n) is 4.71. The van der Waals surface area contributed by atoms with Gasteiger partial charge in [0.1, 0.15) is 5.75 Å². The van der Waals surface area contributed by atoms with Gasteiger partial charge in [0.2, 0.25) is 0 Å². The molecule has 1 fully saturated rings. The molecule has 19 heavy (non-hydrogen) atoms. The Morgan fingerprint density at radius 2 is 2.16 bits per heavy atom. The van der Waals surface area contributed by atoms with Crippen molar-refractivity contribution in [2.45, 2.75) is 51.6 Å². The van der Waals surface area contributed by atoms with E-state index in [-0.39, 0.29) is 6.10 Å². The normalized spacial score (nSPS) is 28.3. The third kappa shape index (κ3) is 2.64. The minimum atomic E-state index is -0.351. The molecule has 104 valence electrons. The first-order valence-corrected chi connectivity index (χ1v) is 7.68. The van der Waals surface area contributed by atoms with Crippen molar-refractivity contribution in [1.82, 2.24) is 0 Å². The molecule has 0 saturated heterocycles. The molecular formula is C17H24O2. The molecule has 1 aliphatic carbocycles. The highest BCUT2D eigenvalue weighted by atomic mass is 16.5. The molecule has 2 nitrogen and oxygen atoms in total. The lowest BCUT2D eigenvalue weighted by Crippen LogP contribution is -2.21. The maximum absolute atomic E-state index is 10.7. The van der Waals surface area contributed by atoms with Crippen LogP contribution in [0.3, 0.4) is 0 Å². The molecule has 1 aromatic rings. The number of ether oxygens (including phenoxy) is 1. The molecule has 0 spiro atoms. The first-order chi connectivity index (χ1) is 9.25. The van der Waals surface area contributed by atoms with Gasteiger partial charge in [0.05, 0.1) is 12.7 Å². The molecule has 2 aliphatic rings. The van der Waals surface area contributed by atoms with Crippen molar-refractivity contribution < 1.29 is 9.84 Å². The SMILES string of the molecule is CC1CCCC(C(O)c2cccc3c2OCCC3)C1. The molecule has 1 aliphatic heterocycles. The highest BCUT2D eigenvalue weighted by Gasteiger charge is 2.29. The lowest BCUT2D eigenvalue weighted by molar-refractivity contribution is 0.0681. The zero-order valence-electron chi connectivity index (χ0n) is 11.8. The van der Waals surface area contributed by atoms with Gasteiger partial charge < -0.3 is 9.84 Å². The average molecular weight is 260 g/mol. The van der Waals surface area contributed by atoms with Gasteiger partial charge in [0.25, 0.3) is 0 Å². The molecule has 0 radical (unpaired) electrons. The molecule has 3 unspecified atom stereocenters. The highest BCUT2D eigenvalue weighted by Crippen LogP contribution is 2.41. The zero-order chi connectivity index (χ0) is 13.2. The second kappa shape index (κ2) is 5.54. The van der Waals surface area contributed by atoms with Crippen LogP contribution in [-0.2, 0) is 6.42 Å². The van der Waals surface area contributed by atoms with Crippen molar-refractivity contribution in [3.05, 3.63) is 29.3 Å². The largest absolute Gasteiger partial charge is 0.493 e. The van der Waals surface area contributed by atoms with E-state index < -0.39 is 0 Å². The minimum Gasteiger partial charge on any atom is -0.493 e. The minimum absolute atomic E-state index is 0.351. The molecule has 0 amide bonds. The molecule has 2 heteroatoms. The standard InChI is InChI=1S/C17H24O2/c1-12-5-2-7-14(11-12)16(18)15-9-3-6-13-8-4-10-19-17(13)15/h3,6,9,12,14,16,18H,2,4-5,7-8,10-11H2,1H3. The van der Waals surface area contributed by atoms with E-state index in [9.17, 15) is 5.11 Å². The Morgan fingerprint density at radius 3 is 3.00 bits per heavy atom. The van der Waals surface area contributed by atoms with Crippen molar-refractivity contribution in [3.8, 4) is 5.75 Å². The second-order valence-electron chi connectivity index (χ2n) is 6.26. The summed E-state index contributed by atoms with van der Waals surface area (Å²) in [6.07, 6.45) is 6.67. The zero-order valence-corrected chi connectivity index (χ0v) is 11.8. The Balaban J connectivity index is 1.84. The number of hydrogen-bond acceptors (Lipinski definition) is 2. The lowest BCUT2D eigenvalue weighted by Gasteiger charge is -2.32. The van der Waals surface area contributed by atoms with Gasteiger partial charge in [0, 0.05) is 5.56 Å². The van der Waals surface area contributed by atoms with Crippen LogP contribution in [-0.4, -0.2) is 11.7 Å². The average Bonchev–Trinajstić information content (AvgIpc) is 2.46. The molecule has 1 heterocycles. The van der Waals surface area contributed by atoms with Crippen LogP contribution in [0.4, 0.5) is 0 Å². The van der Waals surface area contributed by atoms with Crippen molar-refractivity contribution >= 4 is 0 Å². The van der Waals surface area contributed by atoms with E-state index in [4.69, 9.17) is 4.74 Å². The summed E-state index contributed by atoms with van der Waals surface area (Å²) in [5.74, 6) is 2.12. The predicted molar refractivity (Wildman–Crippen MR) is 76.3 cm³/mol. The van der Waals surface area contributed by atoms with Crippen LogP contribution in [0, 0.1) is 11.8 Å². The van der Waals surface area contributed by atoms with Crippen LogP contribution < -0.4 is 4.74 Å². The maximum Gasteiger partial charge on any atom is 0.128 e. The Morgan fingerprint density at radius 1 is 1.26 bits per heavy atom. The molecule has 1 N–H and O–H groups in total. The van der Waals surface area contributed by atoms with Gasteiger partial charge in [0.15, 0.2) is 0 Å². The summed E-state index contributed by atoms with van der Waals surface area (Å²) in [7, 11) is 0. The Kier molecular flexibility index (Phi) is 3.79. The smallest absolute Gasteiger partial charge is 0.128 e. The van der Waals surface area contributed by atoms with Crippen molar-refractivity contribution in [3.63, 3.8) is 0 Å². The van der Waals surface area contributed by atoms with Crippen molar-refractivity contribution in [1.29, 1.82) is 0 Å². The summed E-state index contributed by atoms with van der Waals surface area (Å²) in [5.41, 5.74) is 2.29. The molecule has 0 aromatic heterocycles. The second-order valence-corrected chi connectivity index (χ2v) is 6.26. The van der Waals surface area contributed by atoms with Gasteiger partial charge >= 0.3 is 0 Å². The summed E-state index contributed by atoms with van der Waals surface area (Å²) < 4.78 is 5.83. The Bertz CT molecular complexity index is 441. The highest BCUT2D eigenvalue weighted by molar-refractivity contribution is 5.44. The summed E-state index contributed by atoms with van der Waals surface area (Å²) in [5, 5.41) is 10.7. The van der Waals surface area contributed by atoms with E-state index >= 15 is 0 Å². The van der Waals surface area contributed by atoms with Gasteiger partial charge in [-0.3, -0.25) is 0 Å². The van der Waals surface area contributed by atoms with E-state index in [1.54, 1.807) is 0 Å². The Labute approximate surface area is 115 Å². The van der Waals surface area contributed by atoms with Crippen molar-refractivity contribution in [2.24, 2.45) is 11.8 Å². The topological polar surface area (TPSA) is 29.5 Å². The predicted octanol–water partition coefficient (Wildman–Crippen LogP) is 3.87. The summed E-state index contributed by atoms with van der Waals surface area (Å²) in [4.78, 5) is 0. The van der Waals surface area contributed by atoms with E-state index in [0.717, 1.165) is 49.5 Å². The third-order valence-corrected chi connectivity index (χ3v) is 4.71. The van der Waals surface area contributed by atoms with E-state index in [0.29, 0.717) is 5.92 Å². The summed E-state index contributed by atoms with van der Waals surface area (Å²) in [6.45, 7) is 3.09. The molecule has 1 saturated carbocycles. The number of para-hydroxylation sites is 1. The first-order valence-electron chi connectivity index (χ1n) is 7.68. The van der Waals surface area contributed by atoms with Crippen LogP contribution >= 0.6 is 0 Å². The molecule has 3 atom stereocenters. The number of rotatable bonds is 2. The van der Waals surface area contributed by atoms with E-state index in [1.807, 2.05) is 6.07 Å². The molecular weight excluding hydrogens is 236 g/mol. The number of aliphatic hydroxyl groups is 1. The van der Waals surface area contributed by atoms with Gasteiger partial charge in [-0.15, -0.1) is 0 Å². The first kappa shape index (κ1) is 13.0. The van der Waals surface area contributed by atoms with Crippen LogP contribution in [0.2, 0.25) is 0 Å². The van der Waals surface area contributed by atoms with Gasteiger partial charge in [-0.05, 0) is 43.1 Å². The van der Waals surface area contributed by atoms with Crippen LogP contribution in [0.5, 0.6) is 5.75 Å². The monoisotopic (exact) mass is 260 g/mol. The van der Waals surface area contributed by atoms with E-state index in [2.05, 4.69) is 19.1 Å². The quantitative estimate of drug-likeness (QED) is 0.874. The molecule has 0 bridgehead atoms. The molecule has 3 rings (SSSR count). The Hall–Kier alpha value is -1.02. The number of fused-ring (bicyclic) bond motifs is 1. The van der Waals surface area contributed by atoms with Crippen LogP contribution in [0.1, 0.15) is 56.3 Å². The number of benzene rings is 1. The summed E-state index contributed by atoms with van der Waals surface area (Å²) >= 11 is 0. The fourth-order valence-corrected chi connectivity index (χ4v) is 3.67. The maximum atomic E-state index is 10.7. The number of aryl methyl sites for hydroxylation is 1. The van der Waals surface area contributed by atoms with Gasteiger partial charge in [-0.2, -0.15) is 0 Å². The fourth-order valence-electron chi connectivity index (χ4n) is 3.67. The van der Waals surface area contributed by atoms with Crippen LogP contribution in [0.25, 0.3) is 0 Å². The molecule has 1 aromatic carbocycles. The van der Waals surface area contributed by atoms with Gasteiger partial charge in [-0.25, -0.2) is 0 Å². The lowest BCUT2D eigenvalue weighted by atomic mass is 9.77. The van der Waals surface area contributed by atoms with Crippen molar-refractivity contribution in [2.75, 3.05) is 6.61 Å². The fraction of sp³-hybridized carbons (Fsp3) is 0.647. The van der Waals surface area contributed by atoms with E-state index in [1.165, 1.54) is 18.4 Å².